The first-order chi connectivity index (χ1) is 9.20. The molecule has 0 bridgehead atoms. The average Bonchev–Trinajstić information content (AvgIpc) is 2.83. The molecule has 2 aromatic rings. The number of alkyl halides is 1. The fourth-order valence-electron chi connectivity index (χ4n) is 1.66. The minimum atomic E-state index is -0.0473. The van der Waals surface area contributed by atoms with Crippen molar-refractivity contribution >= 4 is 23.2 Å². The second kappa shape index (κ2) is 6.29. The van der Waals surface area contributed by atoms with Gasteiger partial charge in [0.25, 0.3) is 0 Å². The van der Waals surface area contributed by atoms with Gasteiger partial charge in [-0.1, -0.05) is 12.1 Å². The number of nitrogens with one attached hydrogen (secondary N) is 1. The molecular formula is C12H14ClN5O. The smallest absolute Gasteiger partial charge is 0.224 e. The van der Waals surface area contributed by atoms with Crippen LogP contribution in [0.2, 0.25) is 0 Å². The van der Waals surface area contributed by atoms with Crippen LogP contribution in [0.25, 0.3) is 11.4 Å². The molecule has 0 saturated heterocycles. The predicted molar refractivity (Wildman–Crippen MR) is 72.8 cm³/mol. The van der Waals surface area contributed by atoms with Crippen LogP contribution in [-0.4, -0.2) is 32.0 Å². The molecule has 7 heteroatoms. The Labute approximate surface area is 115 Å². The molecule has 0 aliphatic heterocycles. The topological polar surface area (TPSA) is 72.7 Å². The van der Waals surface area contributed by atoms with Gasteiger partial charge in [0.05, 0.1) is 0 Å². The first-order valence-corrected chi connectivity index (χ1v) is 6.43. The average molecular weight is 280 g/mol. The summed E-state index contributed by atoms with van der Waals surface area (Å²) in [6.07, 6.45) is 1.08. The zero-order valence-corrected chi connectivity index (χ0v) is 11.3. The highest BCUT2D eigenvalue weighted by Crippen LogP contribution is 2.19. The number of anilines is 1. The summed E-state index contributed by atoms with van der Waals surface area (Å²) in [5, 5.41) is 14.1. The largest absolute Gasteiger partial charge is 0.326 e. The third kappa shape index (κ3) is 3.51. The molecule has 0 spiro atoms. The number of amides is 1. The Hall–Kier alpha value is -1.95. The van der Waals surface area contributed by atoms with Crippen LogP contribution < -0.4 is 5.32 Å². The Morgan fingerprint density at radius 3 is 3.00 bits per heavy atom. The number of aryl methyl sites for hydroxylation is 1. The fourth-order valence-corrected chi connectivity index (χ4v) is 1.79. The van der Waals surface area contributed by atoms with Crippen molar-refractivity contribution in [2.45, 2.75) is 12.8 Å². The summed E-state index contributed by atoms with van der Waals surface area (Å²) in [6.45, 7) is 0. The Bertz CT molecular complexity index is 569. The number of tetrazole rings is 1. The van der Waals surface area contributed by atoms with Crippen molar-refractivity contribution in [3.05, 3.63) is 24.3 Å². The van der Waals surface area contributed by atoms with E-state index in [0.717, 1.165) is 11.3 Å². The SMILES string of the molecule is Cn1nnnc1-c1cccc(NC(=O)CCCCl)c1. The van der Waals surface area contributed by atoms with E-state index in [9.17, 15) is 4.79 Å². The van der Waals surface area contributed by atoms with E-state index in [1.54, 1.807) is 11.7 Å². The molecule has 1 N–H and O–H groups in total. The molecule has 0 fully saturated rings. The standard InChI is InChI=1S/C12H14ClN5O/c1-18-12(15-16-17-18)9-4-2-5-10(8-9)14-11(19)6-3-7-13/h2,4-5,8H,3,6-7H2,1H3,(H,14,19). The number of carbonyl (C=O) groups excluding carboxylic acids is 1. The number of hydrogen-bond donors (Lipinski definition) is 1. The number of aromatic nitrogens is 4. The summed E-state index contributed by atoms with van der Waals surface area (Å²) in [7, 11) is 1.76. The summed E-state index contributed by atoms with van der Waals surface area (Å²) in [5.74, 6) is 1.09. The van der Waals surface area contributed by atoms with E-state index in [4.69, 9.17) is 11.6 Å². The van der Waals surface area contributed by atoms with Gasteiger partial charge >= 0.3 is 0 Å². The molecule has 2 rings (SSSR count). The third-order valence-corrected chi connectivity index (χ3v) is 2.83. The van der Waals surface area contributed by atoms with Gasteiger partial charge in [-0.15, -0.1) is 16.7 Å². The maximum atomic E-state index is 11.6. The van der Waals surface area contributed by atoms with E-state index in [0.29, 0.717) is 24.5 Å². The van der Waals surface area contributed by atoms with Crippen molar-refractivity contribution < 1.29 is 4.79 Å². The number of rotatable bonds is 5. The van der Waals surface area contributed by atoms with Crippen molar-refractivity contribution in [2.24, 2.45) is 7.05 Å². The van der Waals surface area contributed by atoms with Gasteiger partial charge in [0.15, 0.2) is 5.82 Å². The molecule has 0 atom stereocenters. The number of nitrogens with zero attached hydrogens (tertiary/aromatic N) is 4. The highest BCUT2D eigenvalue weighted by molar-refractivity contribution is 6.18. The molecule has 0 radical (unpaired) electrons. The van der Waals surface area contributed by atoms with Crippen LogP contribution in [0.5, 0.6) is 0 Å². The van der Waals surface area contributed by atoms with Crippen molar-refractivity contribution in [2.75, 3.05) is 11.2 Å². The van der Waals surface area contributed by atoms with E-state index in [1.165, 1.54) is 0 Å². The van der Waals surface area contributed by atoms with E-state index >= 15 is 0 Å². The second-order valence-electron chi connectivity index (χ2n) is 4.05. The maximum absolute atomic E-state index is 11.6. The number of halogens is 1. The molecular weight excluding hydrogens is 266 g/mol. The lowest BCUT2D eigenvalue weighted by molar-refractivity contribution is -0.116. The van der Waals surface area contributed by atoms with Gasteiger partial charge in [-0.25, -0.2) is 4.68 Å². The lowest BCUT2D eigenvalue weighted by Crippen LogP contribution is -2.11. The van der Waals surface area contributed by atoms with Crippen LogP contribution in [0.1, 0.15) is 12.8 Å². The quantitative estimate of drug-likeness (QED) is 0.848. The summed E-state index contributed by atoms with van der Waals surface area (Å²) in [5.41, 5.74) is 1.57. The van der Waals surface area contributed by atoms with Crippen LogP contribution in [0.3, 0.4) is 0 Å². The van der Waals surface area contributed by atoms with E-state index in [2.05, 4.69) is 20.8 Å². The molecule has 1 amide bonds. The predicted octanol–water partition coefficient (Wildman–Crippen LogP) is 1.83. The molecule has 1 aromatic heterocycles. The second-order valence-corrected chi connectivity index (χ2v) is 4.43. The monoisotopic (exact) mass is 279 g/mol. The molecule has 1 heterocycles. The van der Waals surface area contributed by atoms with Gasteiger partial charge < -0.3 is 5.32 Å². The normalized spacial score (nSPS) is 10.4. The van der Waals surface area contributed by atoms with Crippen LogP contribution in [-0.2, 0) is 11.8 Å². The first-order valence-electron chi connectivity index (χ1n) is 5.89. The van der Waals surface area contributed by atoms with E-state index in [-0.39, 0.29) is 5.91 Å². The number of hydrogen-bond acceptors (Lipinski definition) is 4. The van der Waals surface area contributed by atoms with Crippen molar-refractivity contribution in [1.82, 2.24) is 20.2 Å². The summed E-state index contributed by atoms with van der Waals surface area (Å²) < 4.78 is 1.58. The highest BCUT2D eigenvalue weighted by atomic mass is 35.5. The molecule has 100 valence electrons. The Balaban J connectivity index is 2.12. The minimum Gasteiger partial charge on any atom is -0.326 e. The zero-order valence-electron chi connectivity index (χ0n) is 10.5. The summed E-state index contributed by atoms with van der Waals surface area (Å²) >= 11 is 5.55. The lowest BCUT2D eigenvalue weighted by Gasteiger charge is -2.06. The summed E-state index contributed by atoms with van der Waals surface area (Å²) in [6, 6.07) is 7.40. The maximum Gasteiger partial charge on any atom is 0.224 e. The zero-order chi connectivity index (χ0) is 13.7. The van der Waals surface area contributed by atoms with Crippen LogP contribution in [0.4, 0.5) is 5.69 Å². The molecule has 0 saturated carbocycles. The van der Waals surface area contributed by atoms with Gasteiger partial charge in [-0.3, -0.25) is 4.79 Å². The minimum absolute atomic E-state index is 0.0473. The molecule has 19 heavy (non-hydrogen) atoms. The highest BCUT2D eigenvalue weighted by Gasteiger charge is 2.07. The van der Waals surface area contributed by atoms with Crippen molar-refractivity contribution in [1.29, 1.82) is 0 Å². The lowest BCUT2D eigenvalue weighted by atomic mass is 10.2. The van der Waals surface area contributed by atoms with E-state index in [1.807, 2.05) is 24.3 Å². The summed E-state index contributed by atoms with van der Waals surface area (Å²) in [4.78, 5) is 11.6. The Morgan fingerprint density at radius 1 is 1.47 bits per heavy atom. The number of benzene rings is 1. The molecule has 1 aromatic carbocycles. The third-order valence-electron chi connectivity index (χ3n) is 2.56. The Kier molecular flexibility index (Phi) is 4.46. The fraction of sp³-hybridized carbons (Fsp3) is 0.333. The molecule has 0 aliphatic rings. The Morgan fingerprint density at radius 2 is 2.32 bits per heavy atom. The van der Waals surface area contributed by atoms with Gasteiger partial charge in [0.1, 0.15) is 0 Å². The van der Waals surface area contributed by atoms with Crippen LogP contribution in [0.15, 0.2) is 24.3 Å². The van der Waals surface area contributed by atoms with Crippen molar-refractivity contribution in [3.63, 3.8) is 0 Å². The van der Waals surface area contributed by atoms with Gasteiger partial charge in [-0.05, 0) is 29.0 Å². The van der Waals surface area contributed by atoms with Gasteiger partial charge in [0, 0.05) is 30.6 Å². The first kappa shape index (κ1) is 13.5. The molecule has 0 unspecified atom stereocenters. The van der Waals surface area contributed by atoms with Crippen LogP contribution >= 0.6 is 11.6 Å². The molecule has 0 aliphatic carbocycles. The van der Waals surface area contributed by atoms with Crippen molar-refractivity contribution in [3.8, 4) is 11.4 Å². The van der Waals surface area contributed by atoms with Crippen LogP contribution in [0, 0.1) is 0 Å². The van der Waals surface area contributed by atoms with E-state index < -0.39 is 0 Å². The number of carbonyl (C=O) groups is 1. The van der Waals surface area contributed by atoms with Gasteiger partial charge in [0.2, 0.25) is 5.91 Å². The molecule has 6 nitrogen and oxygen atoms in total. The van der Waals surface area contributed by atoms with Gasteiger partial charge in [-0.2, -0.15) is 0 Å².